The van der Waals surface area contributed by atoms with E-state index in [0.717, 1.165) is 24.2 Å². The van der Waals surface area contributed by atoms with E-state index in [0.29, 0.717) is 24.2 Å². The van der Waals surface area contributed by atoms with Crippen LogP contribution in [0.15, 0.2) is 36.4 Å². The number of aromatic hydroxyl groups is 1. The van der Waals surface area contributed by atoms with Gasteiger partial charge in [-0.15, -0.1) is 0 Å². The van der Waals surface area contributed by atoms with Crippen LogP contribution < -0.4 is 5.32 Å². The van der Waals surface area contributed by atoms with E-state index in [2.05, 4.69) is 10.3 Å². The van der Waals surface area contributed by atoms with Crippen molar-refractivity contribution in [2.45, 2.75) is 38.5 Å². The van der Waals surface area contributed by atoms with Gasteiger partial charge < -0.3 is 15.3 Å². The third kappa shape index (κ3) is 4.81. The van der Waals surface area contributed by atoms with E-state index in [1.165, 1.54) is 12.1 Å². The van der Waals surface area contributed by atoms with Gasteiger partial charge in [-0.2, -0.15) is 13.2 Å². The zero-order chi connectivity index (χ0) is 20.3. The summed E-state index contributed by atoms with van der Waals surface area (Å²) in [6.07, 6.45) is -3.25. The number of pyridine rings is 1. The normalized spacial score (nSPS) is 15.9. The van der Waals surface area contributed by atoms with Crippen molar-refractivity contribution < 1.29 is 23.1 Å². The Kier molecular flexibility index (Phi) is 5.88. The van der Waals surface area contributed by atoms with Crippen molar-refractivity contribution in [3.05, 3.63) is 58.9 Å². The van der Waals surface area contributed by atoms with Gasteiger partial charge in [-0.3, -0.25) is 9.78 Å². The lowest BCUT2D eigenvalue weighted by molar-refractivity contribution is -0.137. The van der Waals surface area contributed by atoms with E-state index in [9.17, 15) is 23.1 Å². The average Bonchev–Trinajstić information content (AvgIpc) is 3.05. The van der Waals surface area contributed by atoms with E-state index in [4.69, 9.17) is 0 Å². The Balaban J connectivity index is 1.84. The van der Waals surface area contributed by atoms with Gasteiger partial charge >= 0.3 is 6.18 Å². The number of nitrogens with one attached hydrogen (secondary N) is 1. The molecule has 0 spiro atoms. The van der Waals surface area contributed by atoms with Crippen LogP contribution in [0.25, 0.3) is 0 Å². The Morgan fingerprint density at radius 2 is 2.07 bits per heavy atom. The van der Waals surface area contributed by atoms with Crippen molar-refractivity contribution >= 4 is 5.91 Å². The minimum absolute atomic E-state index is 0.00435. The lowest BCUT2D eigenvalue weighted by atomic mass is 10.0. The Morgan fingerprint density at radius 3 is 2.75 bits per heavy atom. The number of carbonyl (C=O) groups excluding carboxylic acids is 1. The number of alkyl halides is 3. The van der Waals surface area contributed by atoms with Gasteiger partial charge in [0.15, 0.2) is 0 Å². The highest BCUT2D eigenvalue weighted by molar-refractivity contribution is 5.78. The van der Waals surface area contributed by atoms with Gasteiger partial charge in [-0.25, -0.2) is 0 Å². The second kappa shape index (κ2) is 8.18. The molecule has 28 heavy (non-hydrogen) atoms. The molecule has 150 valence electrons. The highest BCUT2D eigenvalue weighted by Gasteiger charge is 2.31. The summed E-state index contributed by atoms with van der Waals surface area (Å²) < 4.78 is 39.4. The quantitative estimate of drug-likeness (QED) is 0.788. The SMILES string of the molecule is Cc1ccc(O)c(CN[C@H](CN2CCCC2=O)c2cccc(C(F)(F)F)c2)n1. The molecule has 1 aliphatic heterocycles. The molecule has 0 bridgehead atoms. The molecule has 1 aliphatic rings. The summed E-state index contributed by atoms with van der Waals surface area (Å²) in [5, 5.41) is 13.1. The topological polar surface area (TPSA) is 65.5 Å². The number of hydrogen-bond donors (Lipinski definition) is 2. The van der Waals surface area contributed by atoms with Crippen molar-refractivity contribution in [3.63, 3.8) is 0 Å². The molecular formula is C20H22F3N3O2. The summed E-state index contributed by atoms with van der Waals surface area (Å²) in [4.78, 5) is 17.9. The van der Waals surface area contributed by atoms with Gasteiger partial charge in [0, 0.05) is 31.7 Å². The van der Waals surface area contributed by atoms with Crippen molar-refractivity contribution in [3.8, 4) is 5.75 Å². The van der Waals surface area contributed by atoms with Gasteiger partial charge in [0.1, 0.15) is 5.75 Å². The number of hydrogen-bond acceptors (Lipinski definition) is 4. The molecule has 1 aromatic heterocycles. The minimum Gasteiger partial charge on any atom is -0.506 e. The van der Waals surface area contributed by atoms with Crippen LogP contribution in [0.1, 0.15) is 41.4 Å². The first-order chi connectivity index (χ1) is 13.2. The molecule has 2 N–H and O–H groups in total. The van der Waals surface area contributed by atoms with E-state index in [1.807, 2.05) is 0 Å². The highest BCUT2D eigenvalue weighted by Crippen LogP contribution is 2.31. The summed E-state index contributed by atoms with van der Waals surface area (Å²) in [5.41, 5.74) is 0.826. The minimum atomic E-state index is -4.44. The van der Waals surface area contributed by atoms with E-state index >= 15 is 0 Å². The monoisotopic (exact) mass is 393 g/mol. The third-order valence-electron chi connectivity index (χ3n) is 4.80. The predicted molar refractivity (Wildman–Crippen MR) is 97.5 cm³/mol. The number of aromatic nitrogens is 1. The highest BCUT2D eigenvalue weighted by atomic mass is 19.4. The molecule has 1 aromatic carbocycles. The number of aryl methyl sites for hydroxylation is 1. The van der Waals surface area contributed by atoms with Gasteiger partial charge in [0.05, 0.1) is 17.3 Å². The van der Waals surface area contributed by atoms with E-state index < -0.39 is 17.8 Å². The molecule has 8 heteroatoms. The molecular weight excluding hydrogens is 371 g/mol. The molecule has 5 nitrogen and oxygen atoms in total. The van der Waals surface area contributed by atoms with E-state index in [-0.39, 0.29) is 24.7 Å². The van der Waals surface area contributed by atoms with Crippen molar-refractivity contribution in [2.24, 2.45) is 0 Å². The van der Waals surface area contributed by atoms with E-state index in [1.54, 1.807) is 24.0 Å². The predicted octanol–water partition coefficient (Wildman–Crippen LogP) is 3.57. The number of amides is 1. The maximum atomic E-state index is 13.1. The number of likely N-dealkylation sites (tertiary alicyclic amines) is 1. The molecule has 0 unspecified atom stereocenters. The van der Waals surface area contributed by atoms with Gasteiger partial charge in [-0.05, 0) is 43.2 Å². The summed E-state index contributed by atoms with van der Waals surface area (Å²) in [6, 6.07) is 7.77. The zero-order valence-electron chi connectivity index (χ0n) is 15.5. The number of halogens is 3. The van der Waals surface area contributed by atoms with Crippen LogP contribution >= 0.6 is 0 Å². The number of benzene rings is 1. The second-order valence-corrected chi connectivity index (χ2v) is 6.92. The van der Waals surface area contributed by atoms with Crippen molar-refractivity contribution in [1.29, 1.82) is 0 Å². The summed E-state index contributed by atoms with van der Waals surface area (Å²) >= 11 is 0. The zero-order valence-corrected chi connectivity index (χ0v) is 15.5. The lowest BCUT2D eigenvalue weighted by Crippen LogP contribution is -2.36. The molecule has 3 rings (SSSR count). The second-order valence-electron chi connectivity index (χ2n) is 6.92. The molecule has 0 saturated carbocycles. The number of nitrogens with zero attached hydrogens (tertiary/aromatic N) is 2. The van der Waals surface area contributed by atoms with Crippen LogP contribution in [0, 0.1) is 6.92 Å². The van der Waals surface area contributed by atoms with Gasteiger partial charge in [-0.1, -0.05) is 12.1 Å². The van der Waals surface area contributed by atoms with Gasteiger partial charge in [0.25, 0.3) is 0 Å². The first-order valence-corrected chi connectivity index (χ1v) is 9.08. The van der Waals surface area contributed by atoms with Crippen LogP contribution in [-0.2, 0) is 17.5 Å². The Morgan fingerprint density at radius 1 is 1.29 bits per heavy atom. The molecule has 0 aliphatic carbocycles. The molecule has 1 fully saturated rings. The summed E-state index contributed by atoms with van der Waals surface area (Å²) in [5.74, 6) is 0.00782. The van der Waals surface area contributed by atoms with Crippen LogP contribution in [0.2, 0.25) is 0 Å². The number of rotatable bonds is 6. The number of carbonyl (C=O) groups is 1. The van der Waals surface area contributed by atoms with Crippen LogP contribution in [-0.4, -0.2) is 34.0 Å². The van der Waals surface area contributed by atoms with Crippen LogP contribution in [0.3, 0.4) is 0 Å². The fraction of sp³-hybridized carbons (Fsp3) is 0.400. The molecule has 2 aromatic rings. The Bertz CT molecular complexity index is 855. The molecule has 0 radical (unpaired) electrons. The summed E-state index contributed by atoms with van der Waals surface area (Å²) in [6.45, 7) is 2.79. The largest absolute Gasteiger partial charge is 0.506 e. The standard InChI is InChI=1S/C20H22F3N3O2/c1-13-7-8-18(27)16(25-13)11-24-17(12-26-9-3-6-19(26)28)14-4-2-5-15(10-14)20(21,22)23/h2,4-5,7-8,10,17,24,27H,3,6,9,11-12H2,1H3/t17-/m1/s1. The first kappa shape index (κ1) is 20.1. The maximum Gasteiger partial charge on any atom is 0.416 e. The van der Waals surface area contributed by atoms with Crippen LogP contribution in [0.4, 0.5) is 13.2 Å². The Labute approximate surface area is 161 Å². The smallest absolute Gasteiger partial charge is 0.416 e. The summed E-state index contributed by atoms with van der Waals surface area (Å²) in [7, 11) is 0. The van der Waals surface area contributed by atoms with Crippen molar-refractivity contribution in [1.82, 2.24) is 15.2 Å². The first-order valence-electron chi connectivity index (χ1n) is 9.08. The fourth-order valence-electron chi connectivity index (χ4n) is 3.29. The van der Waals surface area contributed by atoms with Gasteiger partial charge in [0.2, 0.25) is 5.91 Å². The maximum absolute atomic E-state index is 13.1. The molecule has 1 amide bonds. The molecule has 1 atom stereocenters. The Hall–Kier alpha value is -2.61. The molecule has 2 heterocycles. The fourth-order valence-corrected chi connectivity index (χ4v) is 3.29. The lowest BCUT2D eigenvalue weighted by Gasteiger charge is -2.26. The van der Waals surface area contributed by atoms with Crippen molar-refractivity contribution in [2.75, 3.05) is 13.1 Å². The third-order valence-corrected chi connectivity index (χ3v) is 4.80. The average molecular weight is 393 g/mol. The molecule has 1 saturated heterocycles. The van der Waals surface area contributed by atoms with Crippen LogP contribution in [0.5, 0.6) is 5.75 Å².